The molecule has 0 bridgehead atoms. The lowest BCUT2D eigenvalue weighted by Gasteiger charge is -2.29. The van der Waals surface area contributed by atoms with Gasteiger partial charge in [-0.3, -0.25) is 0 Å². The highest BCUT2D eigenvalue weighted by Gasteiger charge is 2.26. The molecule has 2 aromatic carbocycles. The number of aromatic nitrogens is 2. The Balaban J connectivity index is 1.90. The van der Waals surface area contributed by atoms with Crippen molar-refractivity contribution in [2.75, 3.05) is 5.32 Å². The van der Waals surface area contributed by atoms with Crippen LogP contribution in [-0.4, -0.2) is 9.78 Å². The van der Waals surface area contributed by atoms with Gasteiger partial charge in [-0.05, 0) is 44.5 Å². The first-order valence-electron chi connectivity index (χ1n) is 7.62. The Morgan fingerprint density at radius 3 is 2.41 bits per heavy atom. The van der Waals surface area contributed by atoms with E-state index in [9.17, 15) is 0 Å². The van der Waals surface area contributed by atoms with E-state index in [1.165, 1.54) is 33.6 Å². The Hall–Kier alpha value is -2.55. The fourth-order valence-electron chi connectivity index (χ4n) is 3.09. The van der Waals surface area contributed by atoms with Gasteiger partial charge in [-0.2, -0.15) is 5.10 Å². The number of hydrogen-bond acceptors (Lipinski definition) is 2. The molecule has 4 rings (SSSR count). The van der Waals surface area contributed by atoms with Gasteiger partial charge in [0.25, 0.3) is 0 Å². The molecular formula is C19H19N3. The molecule has 1 aromatic heterocycles. The van der Waals surface area contributed by atoms with E-state index in [1.54, 1.807) is 0 Å². The molecule has 3 aromatic rings. The van der Waals surface area contributed by atoms with Crippen LogP contribution in [0.3, 0.4) is 0 Å². The lowest BCUT2D eigenvalue weighted by atomic mass is 10.0. The van der Waals surface area contributed by atoms with Gasteiger partial charge in [0.1, 0.15) is 6.17 Å². The van der Waals surface area contributed by atoms with Crippen molar-refractivity contribution in [3.8, 4) is 11.3 Å². The van der Waals surface area contributed by atoms with E-state index in [1.807, 2.05) is 6.92 Å². The number of anilines is 1. The molecule has 22 heavy (non-hydrogen) atoms. The zero-order valence-corrected chi connectivity index (χ0v) is 13.1. The maximum absolute atomic E-state index is 4.71. The van der Waals surface area contributed by atoms with Gasteiger partial charge in [-0.25, -0.2) is 4.68 Å². The molecule has 0 spiro atoms. The number of benzene rings is 2. The topological polar surface area (TPSA) is 29.9 Å². The van der Waals surface area contributed by atoms with Gasteiger partial charge < -0.3 is 5.32 Å². The van der Waals surface area contributed by atoms with Crippen LogP contribution in [0.15, 0.2) is 48.5 Å². The van der Waals surface area contributed by atoms with Crippen LogP contribution in [0.2, 0.25) is 0 Å². The third-order valence-electron chi connectivity index (χ3n) is 4.24. The second kappa shape index (κ2) is 4.73. The summed E-state index contributed by atoms with van der Waals surface area (Å²) in [4.78, 5) is 0. The standard InChI is InChI=1S/C19H19N3/c1-12-4-7-15(8-5-12)19-20-17-9-6-13(2)10-16(17)18-11-14(3)21-22(18)19/h4-11,19-20H,1-3H3. The fourth-order valence-corrected chi connectivity index (χ4v) is 3.09. The van der Waals surface area contributed by atoms with Crippen LogP contribution < -0.4 is 5.32 Å². The zero-order chi connectivity index (χ0) is 15.3. The highest BCUT2D eigenvalue weighted by Crippen LogP contribution is 2.38. The van der Waals surface area contributed by atoms with Gasteiger partial charge in [-0.1, -0.05) is 41.5 Å². The number of hydrogen-bond donors (Lipinski definition) is 1. The van der Waals surface area contributed by atoms with Crippen LogP contribution in [0.25, 0.3) is 11.3 Å². The maximum Gasteiger partial charge on any atom is 0.147 e. The van der Waals surface area contributed by atoms with Crippen LogP contribution >= 0.6 is 0 Å². The van der Waals surface area contributed by atoms with Crippen molar-refractivity contribution in [3.63, 3.8) is 0 Å². The van der Waals surface area contributed by atoms with E-state index in [-0.39, 0.29) is 6.17 Å². The van der Waals surface area contributed by atoms with Gasteiger partial charge in [0, 0.05) is 11.3 Å². The maximum atomic E-state index is 4.71. The molecule has 1 aliphatic heterocycles. The van der Waals surface area contributed by atoms with Crippen LogP contribution in [-0.2, 0) is 0 Å². The first kappa shape index (κ1) is 13.1. The first-order chi connectivity index (χ1) is 10.6. The SMILES string of the molecule is Cc1ccc(C2Nc3ccc(C)cc3-c3cc(C)nn32)cc1. The second-order valence-corrected chi connectivity index (χ2v) is 6.12. The highest BCUT2D eigenvalue weighted by molar-refractivity contribution is 5.79. The zero-order valence-electron chi connectivity index (χ0n) is 13.1. The minimum atomic E-state index is 0.0412. The average molecular weight is 289 g/mol. The molecule has 3 nitrogen and oxygen atoms in total. The molecule has 0 aliphatic carbocycles. The molecule has 3 heteroatoms. The number of fused-ring (bicyclic) bond motifs is 3. The molecular weight excluding hydrogens is 270 g/mol. The molecule has 0 saturated carbocycles. The van der Waals surface area contributed by atoms with Crippen LogP contribution in [0, 0.1) is 20.8 Å². The van der Waals surface area contributed by atoms with Crippen LogP contribution in [0.4, 0.5) is 5.69 Å². The normalized spacial score (nSPS) is 15.9. The van der Waals surface area contributed by atoms with E-state index in [0.29, 0.717) is 0 Å². The number of rotatable bonds is 1. The van der Waals surface area contributed by atoms with E-state index >= 15 is 0 Å². The molecule has 0 saturated heterocycles. The van der Waals surface area contributed by atoms with E-state index in [4.69, 9.17) is 5.10 Å². The van der Waals surface area contributed by atoms with E-state index in [2.05, 4.69) is 72.4 Å². The molecule has 1 unspecified atom stereocenters. The average Bonchev–Trinajstić information content (AvgIpc) is 2.89. The van der Waals surface area contributed by atoms with Gasteiger partial charge in [0.15, 0.2) is 0 Å². The summed E-state index contributed by atoms with van der Waals surface area (Å²) in [6.45, 7) is 6.28. The lowest BCUT2D eigenvalue weighted by molar-refractivity contribution is 0.571. The third-order valence-corrected chi connectivity index (χ3v) is 4.24. The van der Waals surface area contributed by atoms with Crippen molar-refractivity contribution in [2.24, 2.45) is 0 Å². The van der Waals surface area contributed by atoms with Crippen molar-refractivity contribution in [1.29, 1.82) is 0 Å². The van der Waals surface area contributed by atoms with Gasteiger partial charge >= 0.3 is 0 Å². The van der Waals surface area contributed by atoms with E-state index < -0.39 is 0 Å². The number of aryl methyl sites for hydroxylation is 3. The van der Waals surface area contributed by atoms with Gasteiger partial charge in [0.05, 0.1) is 11.4 Å². The predicted molar refractivity (Wildman–Crippen MR) is 90.1 cm³/mol. The highest BCUT2D eigenvalue weighted by atomic mass is 15.4. The first-order valence-corrected chi connectivity index (χ1v) is 7.62. The summed E-state index contributed by atoms with van der Waals surface area (Å²) in [7, 11) is 0. The summed E-state index contributed by atoms with van der Waals surface area (Å²) in [6.07, 6.45) is 0.0412. The molecule has 110 valence electrons. The minimum absolute atomic E-state index is 0.0412. The van der Waals surface area contributed by atoms with Crippen molar-refractivity contribution in [1.82, 2.24) is 9.78 Å². The Labute approximate surface area is 130 Å². The quantitative estimate of drug-likeness (QED) is 0.717. The number of nitrogens with one attached hydrogen (secondary N) is 1. The molecule has 1 aliphatic rings. The molecule has 1 atom stereocenters. The molecule has 0 amide bonds. The number of nitrogens with zero attached hydrogens (tertiary/aromatic N) is 2. The fraction of sp³-hybridized carbons (Fsp3) is 0.211. The van der Waals surface area contributed by atoms with Crippen LogP contribution in [0.1, 0.15) is 28.6 Å². The molecule has 1 N–H and O–H groups in total. The summed E-state index contributed by atoms with van der Waals surface area (Å²) in [5.41, 5.74) is 8.38. The molecule has 0 fully saturated rings. The Morgan fingerprint density at radius 1 is 0.909 bits per heavy atom. The predicted octanol–water partition coefficient (Wildman–Crippen LogP) is 4.45. The van der Waals surface area contributed by atoms with Gasteiger partial charge in [-0.15, -0.1) is 0 Å². The summed E-state index contributed by atoms with van der Waals surface area (Å²) >= 11 is 0. The summed E-state index contributed by atoms with van der Waals surface area (Å²) in [5.74, 6) is 0. The third kappa shape index (κ3) is 2.01. The van der Waals surface area contributed by atoms with Crippen molar-refractivity contribution in [2.45, 2.75) is 26.9 Å². The van der Waals surface area contributed by atoms with Crippen molar-refractivity contribution >= 4 is 5.69 Å². The Kier molecular flexibility index (Phi) is 2.83. The smallest absolute Gasteiger partial charge is 0.147 e. The Bertz CT molecular complexity index is 844. The summed E-state index contributed by atoms with van der Waals surface area (Å²) in [5, 5.41) is 8.34. The minimum Gasteiger partial charge on any atom is -0.359 e. The summed E-state index contributed by atoms with van der Waals surface area (Å²) in [6, 6.07) is 17.4. The second-order valence-electron chi connectivity index (χ2n) is 6.12. The van der Waals surface area contributed by atoms with E-state index in [0.717, 1.165) is 5.69 Å². The van der Waals surface area contributed by atoms with Crippen LogP contribution in [0.5, 0.6) is 0 Å². The van der Waals surface area contributed by atoms with Crippen molar-refractivity contribution in [3.05, 3.63) is 70.9 Å². The Morgan fingerprint density at radius 2 is 1.64 bits per heavy atom. The lowest BCUT2D eigenvalue weighted by Crippen LogP contribution is -2.25. The van der Waals surface area contributed by atoms with Crippen molar-refractivity contribution < 1.29 is 0 Å². The monoisotopic (exact) mass is 289 g/mol. The molecule has 0 radical (unpaired) electrons. The largest absolute Gasteiger partial charge is 0.359 e. The molecule has 2 heterocycles. The summed E-state index contributed by atoms with van der Waals surface area (Å²) < 4.78 is 2.10. The van der Waals surface area contributed by atoms with Gasteiger partial charge in [0.2, 0.25) is 0 Å².